The van der Waals surface area contributed by atoms with Crippen molar-refractivity contribution in [3.8, 4) is 17.9 Å². The lowest BCUT2D eigenvalue weighted by Gasteiger charge is -1.95. The summed E-state index contributed by atoms with van der Waals surface area (Å²) in [6.45, 7) is -0.0862. The van der Waals surface area contributed by atoms with E-state index in [1.807, 2.05) is 6.07 Å². The summed E-state index contributed by atoms with van der Waals surface area (Å²) in [6.07, 6.45) is 0.261. The molecule has 1 aromatic carbocycles. The second-order valence-electron chi connectivity index (χ2n) is 2.88. The molecule has 0 saturated carbocycles. The predicted molar refractivity (Wildman–Crippen MR) is 56.4 cm³/mol. The Morgan fingerprint density at radius 2 is 2.25 bits per heavy atom. The van der Waals surface area contributed by atoms with E-state index in [9.17, 15) is 10.1 Å². The van der Waals surface area contributed by atoms with Crippen LogP contribution in [0.15, 0.2) is 18.2 Å². The van der Waals surface area contributed by atoms with Crippen LogP contribution in [0.5, 0.6) is 0 Å². The van der Waals surface area contributed by atoms with E-state index in [0.29, 0.717) is 0 Å². The quantitative estimate of drug-likeness (QED) is 0.457. The fourth-order valence-electron chi connectivity index (χ4n) is 1.07. The molecule has 0 aliphatic rings. The molecule has 0 aliphatic heterocycles. The molecule has 0 bridgehead atoms. The molecule has 1 aromatic rings. The molecule has 0 aromatic heterocycles. The smallest absolute Gasteiger partial charge is 0.286 e. The number of hydrogen-bond donors (Lipinski definition) is 1. The second kappa shape index (κ2) is 5.50. The minimum Gasteiger partial charge on any atom is -0.395 e. The van der Waals surface area contributed by atoms with Crippen LogP contribution in [0.25, 0.3) is 0 Å². The average Bonchev–Trinajstić information content (AvgIpc) is 2.29. The zero-order valence-electron chi connectivity index (χ0n) is 8.30. The van der Waals surface area contributed by atoms with E-state index in [-0.39, 0.29) is 29.8 Å². The number of benzene rings is 1. The average molecular weight is 216 g/mol. The molecule has 5 heteroatoms. The van der Waals surface area contributed by atoms with Crippen molar-refractivity contribution in [3.63, 3.8) is 0 Å². The van der Waals surface area contributed by atoms with E-state index in [4.69, 9.17) is 10.4 Å². The van der Waals surface area contributed by atoms with E-state index in [1.54, 1.807) is 0 Å². The number of aliphatic hydroxyl groups is 1. The van der Waals surface area contributed by atoms with Gasteiger partial charge in [0.15, 0.2) is 0 Å². The molecule has 0 heterocycles. The number of hydrogen-bond acceptors (Lipinski definition) is 4. The normalized spacial score (nSPS) is 8.75. The van der Waals surface area contributed by atoms with Crippen molar-refractivity contribution >= 4 is 5.69 Å². The molecule has 80 valence electrons. The third-order valence-corrected chi connectivity index (χ3v) is 1.78. The maximum absolute atomic E-state index is 10.7. The topological polar surface area (TPSA) is 87.2 Å². The minimum atomic E-state index is -0.580. The van der Waals surface area contributed by atoms with E-state index in [0.717, 1.165) is 0 Å². The van der Waals surface area contributed by atoms with Gasteiger partial charge in [-0.15, -0.1) is 0 Å². The van der Waals surface area contributed by atoms with E-state index >= 15 is 0 Å². The van der Waals surface area contributed by atoms with Gasteiger partial charge in [-0.1, -0.05) is 11.8 Å². The van der Waals surface area contributed by atoms with Gasteiger partial charge in [0.2, 0.25) is 0 Å². The first-order valence-electron chi connectivity index (χ1n) is 4.47. The molecule has 0 amide bonds. The van der Waals surface area contributed by atoms with Crippen LogP contribution in [-0.4, -0.2) is 16.6 Å². The molecule has 1 rings (SSSR count). The van der Waals surface area contributed by atoms with Gasteiger partial charge in [0.25, 0.3) is 5.69 Å². The van der Waals surface area contributed by atoms with Crippen LogP contribution in [0, 0.1) is 33.3 Å². The number of aliphatic hydroxyl groups excluding tert-OH is 1. The number of nitro groups is 1. The Morgan fingerprint density at radius 3 is 2.81 bits per heavy atom. The summed E-state index contributed by atoms with van der Waals surface area (Å²) in [6, 6.07) is 5.91. The molecule has 0 saturated heterocycles. The van der Waals surface area contributed by atoms with Crippen LogP contribution in [0.2, 0.25) is 0 Å². The first-order chi connectivity index (χ1) is 7.69. The molecule has 0 radical (unpaired) electrons. The maximum Gasteiger partial charge on any atom is 0.286 e. The molecular formula is C11H8N2O3. The summed E-state index contributed by atoms with van der Waals surface area (Å²) in [4.78, 5) is 10.1. The summed E-state index contributed by atoms with van der Waals surface area (Å²) in [5.41, 5.74) is 0.279. The first-order valence-corrected chi connectivity index (χ1v) is 4.47. The van der Waals surface area contributed by atoms with Crippen molar-refractivity contribution in [1.82, 2.24) is 0 Å². The molecule has 0 fully saturated rings. The summed E-state index contributed by atoms with van der Waals surface area (Å²) < 4.78 is 0. The van der Waals surface area contributed by atoms with E-state index < -0.39 is 4.92 Å². The highest BCUT2D eigenvalue weighted by atomic mass is 16.6. The Morgan fingerprint density at radius 1 is 1.50 bits per heavy atom. The fraction of sp³-hybridized carbons (Fsp3) is 0.182. The number of nitriles is 1. The van der Waals surface area contributed by atoms with Crippen molar-refractivity contribution < 1.29 is 10.0 Å². The van der Waals surface area contributed by atoms with Gasteiger partial charge >= 0.3 is 0 Å². The van der Waals surface area contributed by atoms with Gasteiger partial charge in [-0.2, -0.15) is 5.26 Å². The van der Waals surface area contributed by atoms with Crippen LogP contribution in [0.3, 0.4) is 0 Å². The van der Waals surface area contributed by atoms with Gasteiger partial charge in [0.05, 0.1) is 23.2 Å². The third kappa shape index (κ3) is 2.81. The molecule has 0 unspecified atom stereocenters. The lowest BCUT2D eigenvalue weighted by molar-refractivity contribution is -0.385. The maximum atomic E-state index is 10.7. The highest BCUT2D eigenvalue weighted by molar-refractivity contribution is 5.54. The molecule has 0 atom stereocenters. The van der Waals surface area contributed by atoms with Gasteiger partial charge in [0, 0.05) is 12.5 Å². The Hall–Kier alpha value is -2.37. The Labute approximate surface area is 92.1 Å². The Bertz CT molecular complexity index is 506. The van der Waals surface area contributed by atoms with Gasteiger partial charge in [-0.05, 0) is 12.1 Å². The standard InChI is InChI=1S/C11H8N2O3/c12-8-9-4-5-10(3-1-2-6-14)11(7-9)13(15)16/h4-5,7,14H,2,6H2. The highest BCUT2D eigenvalue weighted by Gasteiger charge is 2.12. The molecule has 1 N–H and O–H groups in total. The van der Waals surface area contributed by atoms with Crippen LogP contribution < -0.4 is 0 Å². The fourth-order valence-corrected chi connectivity index (χ4v) is 1.07. The molecular weight excluding hydrogens is 208 g/mol. The first kappa shape index (κ1) is 11.7. The molecule has 16 heavy (non-hydrogen) atoms. The van der Waals surface area contributed by atoms with Gasteiger partial charge < -0.3 is 5.11 Å². The van der Waals surface area contributed by atoms with E-state index in [1.165, 1.54) is 18.2 Å². The van der Waals surface area contributed by atoms with Gasteiger partial charge in [0.1, 0.15) is 5.56 Å². The van der Waals surface area contributed by atoms with Gasteiger partial charge in [-0.25, -0.2) is 0 Å². The monoisotopic (exact) mass is 216 g/mol. The number of rotatable bonds is 2. The molecule has 0 aliphatic carbocycles. The second-order valence-corrected chi connectivity index (χ2v) is 2.88. The van der Waals surface area contributed by atoms with Crippen LogP contribution >= 0.6 is 0 Å². The van der Waals surface area contributed by atoms with Crippen LogP contribution in [0.4, 0.5) is 5.69 Å². The summed E-state index contributed by atoms with van der Waals surface area (Å²) in [7, 11) is 0. The van der Waals surface area contributed by atoms with Gasteiger partial charge in [-0.3, -0.25) is 10.1 Å². The van der Waals surface area contributed by atoms with E-state index in [2.05, 4.69) is 11.8 Å². The van der Waals surface area contributed by atoms with Crippen LogP contribution in [0.1, 0.15) is 17.5 Å². The van der Waals surface area contributed by atoms with Crippen molar-refractivity contribution in [2.24, 2.45) is 0 Å². The van der Waals surface area contributed by atoms with Crippen molar-refractivity contribution in [3.05, 3.63) is 39.4 Å². The largest absolute Gasteiger partial charge is 0.395 e. The van der Waals surface area contributed by atoms with Crippen molar-refractivity contribution in [2.75, 3.05) is 6.61 Å². The lowest BCUT2D eigenvalue weighted by atomic mass is 10.1. The number of nitro benzene ring substituents is 1. The third-order valence-electron chi connectivity index (χ3n) is 1.78. The van der Waals surface area contributed by atoms with Crippen molar-refractivity contribution in [1.29, 1.82) is 5.26 Å². The Kier molecular flexibility index (Phi) is 4.02. The molecule has 5 nitrogen and oxygen atoms in total. The Balaban J connectivity index is 3.16. The lowest BCUT2D eigenvalue weighted by Crippen LogP contribution is -1.93. The summed E-state index contributed by atoms with van der Waals surface area (Å²) in [5.74, 6) is 5.18. The van der Waals surface area contributed by atoms with Crippen LogP contribution in [-0.2, 0) is 0 Å². The summed E-state index contributed by atoms with van der Waals surface area (Å²) in [5, 5.41) is 27.8. The minimum absolute atomic E-state index is 0.0862. The zero-order valence-corrected chi connectivity index (χ0v) is 8.30. The zero-order chi connectivity index (χ0) is 12.0. The SMILES string of the molecule is N#Cc1ccc(C#CCCO)c([N+](=O)[O-])c1. The number of nitrogens with zero attached hydrogens (tertiary/aromatic N) is 2. The van der Waals surface area contributed by atoms with Crippen molar-refractivity contribution in [2.45, 2.75) is 6.42 Å². The highest BCUT2D eigenvalue weighted by Crippen LogP contribution is 2.18. The molecule has 0 spiro atoms. The summed E-state index contributed by atoms with van der Waals surface area (Å²) >= 11 is 0. The predicted octanol–water partition coefficient (Wildman–Crippen LogP) is 1.20.